The van der Waals surface area contributed by atoms with Crippen molar-refractivity contribution in [1.29, 1.82) is 0 Å². The monoisotopic (exact) mass is 320 g/mol. The highest BCUT2D eigenvalue weighted by Crippen LogP contribution is 2.33. The van der Waals surface area contributed by atoms with Crippen molar-refractivity contribution in [3.8, 4) is 0 Å². The van der Waals surface area contributed by atoms with Crippen molar-refractivity contribution in [2.24, 2.45) is 5.92 Å². The van der Waals surface area contributed by atoms with Gasteiger partial charge in [-0.15, -0.1) is 16.4 Å². The number of carbonyl (C=O) groups excluding carboxylic acids is 1. The first-order chi connectivity index (χ1) is 10.7. The zero-order valence-corrected chi connectivity index (χ0v) is 13.7. The summed E-state index contributed by atoms with van der Waals surface area (Å²) in [6.45, 7) is 5.16. The molecule has 0 radical (unpaired) electrons. The van der Waals surface area contributed by atoms with Crippen molar-refractivity contribution in [3.63, 3.8) is 0 Å². The molecule has 0 saturated carbocycles. The van der Waals surface area contributed by atoms with E-state index in [1.807, 2.05) is 5.38 Å². The van der Waals surface area contributed by atoms with E-state index in [0.717, 1.165) is 37.8 Å². The number of hydrogen-bond acceptors (Lipinski definition) is 6. The highest BCUT2D eigenvalue weighted by atomic mass is 32.1. The minimum Gasteiger partial charge on any atom is -0.454 e. The Morgan fingerprint density at radius 3 is 3.23 bits per heavy atom. The standard InChI is InChI=1S/C15H20N4O2S/c1-3-6-19-14(16-17-18-19)8-21-15(20)12-9-22-13-7-10(2)4-5-11(12)13/h9-10H,3-8H2,1-2H3. The van der Waals surface area contributed by atoms with Gasteiger partial charge >= 0.3 is 5.97 Å². The minimum atomic E-state index is -0.266. The van der Waals surface area contributed by atoms with Gasteiger partial charge in [-0.3, -0.25) is 0 Å². The third-order valence-electron chi connectivity index (χ3n) is 4.00. The van der Waals surface area contributed by atoms with E-state index in [0.29, 0.717) is 11.7 Å². The van der Waals surface area contributed by atoms with Crippen LogP contribution in [0.25, 0.3) is 0 Å². The van der Waals surface area contributed by atoms with Crippen LogP contribution in [0, 0.1) is 5.92 Å². The number of carbonyl (C=O) groups is 1. The van der Waals surface area contributed by atoms with Crippen LogP contribution >= 0.6 is 11.3 Å². The van der Waals surface area contributed by atoms with Crippen LogP contribution in [0.2, 0.25) is 0 Å². The predicted molar refractivity (Wildman–Crippen MR) is 82.7 cm³/mol. The summed E-state index contributed by atoms with van der Waals surface area (Å²) in [4.78, 5) is 13.7. The molecule has 1 atom stereocenters. The van der Waals surface area contributed by atoms with Crippen LogP contribution in [0.4, 0.5) is 0 Å². The summed E-state index contributed by atoms with van der Waals surface area (Å²) in [6, 6.07) is 0. The molecule has 1 aliphatic carbocycles. The summed E-state index contributed by atoms with van der Waals surface area (Å²) in [5.41, 5.74) is 1.91. The average Bonchev–Trinajstić information content (AvgIpc) is 3.11. The van der Waals surface area contributed by atoms with E-state index in [4.69, 9.17) is 4.74 Å². The van der Waals surface area contributed by atoms with Gasteiger partial charge in [0.1, 0.15) is 0 Å². The number of fused-ring (bicyclic) bond motifs is 1. The molecule has 2 aromatic rings. The topological polar surface area (TPSA) is 69.9 Å². The molecule has 0 saturated heterocycles. The Morgan fingerprint density at radius 2 is 2.41 bits per heavy atom. The highest BCUT2D eigenvalue weighted by Gasteiger charge is 2.24. The molecule has 3 rings (SSSR count). The molecule has 1 aliphatic rings. The number of aryl methyl sites for hydroxylation is 1. The molecule has 6 nitrogen and oxygen atoms in total. The molecule has 2 heterocycles. The van der Waals surface area contributed by atoms with Crippen molar-refractivity contribution in [3.05, 3.63) is 27.2 Å². The summed E-state index contributed by atoms with van der Waals surface area (Å²) in [5, 5.41) is 13.4. The van der Waals surface area contributed by atoms with Crippen LogP contribution in [-0.2, 0) is 30.7 Å². The summed E-state index contributed by atoms with van der Waals surface area (Å²) >= 11 is 1.67. The first kappa shape index (κ1) is 15.1. The molecule has 1 unspecified atom stereocenters. The largest absolute Gasteiger partial charge is 0.454 e. The molecule has 0 amide bonds. The first-order valence-corrected chi connectivity index (χ1v) is 8.58. The van der Waals surface area contributed by atoms with Gasteiger partial charge in [-0.2, -0.15) is 0 Å². The lowest BCUT2D eigenvalue weighted by Crippen LogP contribution is -2.14. The van der Waals surface area contributed by atoms with Gasteiger partial charge in [-0.05, 0) is 47.6 Å². The molecule has 0 bridgehead atoms. The zero-order chi connectivity index (χ0) is 15.5. The number of ether oxygens (including phenoxy) is 1. The number of tetrazole rings is 1. The predicted octanol–water partition coefficient (Wildman–Crippen LogP) is 2.63. The third-order valence-corrected chi connectivity index (χ3v) is 5.05. The van der Waals surface area contributed by atoms with Gasteiger partial charge in [0.25, 0.3) is 0 Å². The van der Waals surface area contributed by atoms with Crippen molar-refractivity contribution >= 4 is 17.3 Å². The quantitative estimate of drug-likeness (QED) is 0.792. The summed E-state index contributed by atoms with van der Waals surface area (Å²) < 4.78 is 7.09. The lowest BCUT2D eigenvalue weighted by Gasteiger charge is -2.18. The SMILES string of the molecule is CCCn1nnnc1COC(=O)c1csc2c1CCC(C)C2. The van der Waals surface area contributed by atoms with E-state index >= 15 is 0 Å². The molecule has 0 spiro atoms. The summed E-state index contributed by atoms with van der Waals surface area (Å²) in [7, 11) is 0. The lowest BCUT2D eigenvalue weighted by molar-refractivity contribution is 0.0455. The fourth-order valence-electron chi connectivity index (χ4n) is 2.77. The number of thiophene rings is 1. The van der Waals surface area contributed by atoms with Gasteiger partial charge in [0.15, 0.2) is 12.4 Å². The van der Waals surface area contributed by atoms with E-state index in [2.05, 4.69) is 29.4 Å². The lowest BCUT2D eigenvalue weighted by atomic mass is 9.88. The molecule has 118 valence electrons. The second kappa shape index (κ2) is 6.56. The molecule has 0 fully saturated rings. The first-order valence-electron chi connectivity index (χ1n) is 7.70. The van der Waals surface area contributed by atoms with Crippen LogP contribution in [0.3, 0.4) is 0 Å². The zero-order valence-electron chi connectivity index (χ0n) is 12.9. The minimum absolute atomic E-state index is 0.118. The van der Waals surface area contributed by atoms with E-state index < -0.39 is 0 Å². The van der Waals surface area contributed by atoms with Crippen molar-refractivity contribution in [1.82, 2.24) is 20.2 Å². The number of hydrogen-bond donors (Lipinski definition) is 0. The Bertz CT molecular complexity index is 664. The van der Waals surface area contributed by atoms with E-state index in [1.54, 1.807) is 16.0 Å². The fraction of sp³-hybridized carbons (Fsp3) is 0.600. The molecular weight excluding hydrogens is 300 g/mol. The second-order valence-corrected chi connectivity index (χ2v) is 6.76. The smallest absolute Gasteiger partial charge is 0.339 e. The molecule has 0 aromatic carbocycles. The normalized spacial score (nSPS) is 17.3. The number of esters is 1. The molecule has 7 heteroatoms. The van der Waals surface area contributed by atoms with Gasteiger partial charge in [-0.1, -0.05) is 13.8 Å². The van der Waals surface area contributed by atoms with E-state index in [9.17, 15) is 4.79 Å². The maximum atomic E-state index is 12.3. The van der Waals surface area contributed by atoms with Crippen LogP contribution in [0.5, 0.6) is 0 Å². The van der Waals surface area contributed by atoms with Crippen LogP contribution < -0.4 is 0 Å². The third kappa shape index (κ3) is 3.04. The average molecular weight is 320 g/mol. The van der Waals surface area contributed by atoms with E-state index in [1.165, 1.54) is 10.4 Å². The number of aromatic nitrogens is 4. The molecule has 0 N–H and O–H groups in total. The van der Waals surface area contributed by atoms with Crippen molar-refractivity contribution in [2.45, 2.75) is 52.7 Å². The summed E-state index contributed by atoms with van der Waals surface area (Å²) in [6.07, 6.45) is 4.11. The second-order valence-electron chi connectivity index (χ2n) is 5.79. The van der Waals surface area contributed by atoms with Gasteiger partial charge < -0.3 is 4.74 Å². The Balaban J connectivity index is 1.67. The Kier molecular flexibility index (Phi) is 4.52. The van der Waals surface area contributed by atoms with Crippen LogP contribution in [0.1, 0.15) is 53.3 Å². The van der Waals surface area contributed by atoms with Gasteiger partial charge in [0.05, 0.1) is 5.56 Å². The molecule has 2 aromatic heterocycles. The maximum Gasteiger partial charge on any atom is 0.339 e. The highest BCUT2D eigenvalue weighted by molar-refractivity contribution is 7.10. The molecule has 0 aliphatic heterocycles. The van der Waals surface area contributed by atoms with Crippen molar-refractivity contribution < 1.29 is 9.53 Å². The summed E-state index contributed by atoms with van der Waals surface area (Å²) in [5.74, 6) is 1.03. The van der Waals surface area contributed by atoms with Gasteiger partial charge in [0, 0.05) is 16.8 Å². The van der Waals surface area contributed by atoms with Gasteiger partial charge in [-0.25, -0.2) is 9.48 Å². The Morgan fingerprint density at radius 1 is 1.55 bits per heavy atom. The fourth-order valence-corrected chi connectivity index (χ4v) is 4.00. The van der Waals surface area contributed by atoms with E-state index in [-0.39, 0.29) is 12.6 Å². The van der Waals surface area contributed by atoms with Gasteiger partial charge in [0.2, 0.25) is 0 Å². The number of rotatable bonds is 5. The van der Waals surface area contributed by atoms with Crippen LogP contribution in [-0.4, -0.2) is 26.2 Å². The van der Waals surface area contributed by atoms with Crippen molar-refractivity contribution in [2.75, 3.05) is 0 Å². The number of nitrogens with zero attached hydrogens (tertiary/aromatic N) is 4. The molecule has 22 heavy (non-hydrogen) atoms. The molecular formula is C15H20N4O2S. The Labute approximate surface area is 133 Å². The van der Waals surface area contributed by atoms with Crippen LogP contribution in [0.15, 0.2) is 5.38 Å². The Hall–Kier alpha value is -1.76. The maximum absolute atomic E-state index is 12.3.